The van der Waals surface area contributed by atoms with Gasteiger partial charge in [0.1, 0.15) is 6.07 Å². The topological polar surface area (TPSA) is 82.8 Å². The maximum absolute atomic E-state index is 12.2. The fraction of sp³-hybridized carbons (Fsp3) is 0.500. The predicted octanol–water partition coefficient (Wildman–Crippen LogP) is 0.869. The Labute approximate surface area is 107 Å². The normalized spacial score (nSPS) is 20.3. The lowest BCUT2D eigenvalue weighted by atomic mass is 10.1. The third-order valence-corrected chi connectivity index (χ3v) is 4.77. The van der Waals surface area contributed by atoms with Crippen LogP contribution in [0.5, 0.6) is 0 Å². The molecule has 0 aliphatic carbocycles. The second kappa shape index (κ2) is 5.46. The zero-order valence-corrected chi connectivity index (χ0v) is 10.8. The number of nitrogens with zero attached hydrogens (tertiary/aromatic N) is 2. The van der Waals surface area contributed by atoms with Gasteiger partial charge < -0.3 is 5.32 Å². The largest absolute Gasteiger partial charge is 0.313 e. The van der Waals surface area contributed by atoms with Gasteiger partial charge in [-0.1, -0.05) is 6.42 Å². The number of nitrogens with one attached hydrogen (secondary N) is 1. The molecule has 1 fully saturated rings. The molecule has 0 bridgehead atoms. The summed E-state index contributed by atoms with van der Waals surface area (Å²) in [5, 5.41) is 12.0. The monoisotopic (exact) mass is 265 g/mol. The highest BCUT2D eigenvalue weighted by Crippen LogP contribution is 2.17. The number of hydrogen-bond donors (Lipinski definition) is 1. The Bertz CT molecular complexity index is 557. The molecule has 0 spiro atoms. The van der Waals surface area contributed by atoms with Crippen molar-refractivity contribution in [1.82, 2.24) is 10.3 Å². The van der Waals surface area contributed by atoms with Crippen LogP contribution in [0, 0.1) is 11.3 Å². The zero-order chi connectivity index (χ0) is 13.0. The van der Waals surface area contributed by atoms with Gasteiger partial charge in [-0.2, -0.15) is 5.26 Å². The van der Waals surface area contributed by atoms with Crippen LogP contribution in [0.4, 0.5) is 0 Å². The number of piperidine rings is 1. The Balaban J connectivity index is 2.22. The predicted molar refractivity (Wildman–Crippen MR) is 66.6 cm³/mol. The van der Waals surface area contributed by atoms with Crippen molar-refractivity contribution in [3.63, 3.8) is 0 Å². The van der Waals surface area contributed by atoms with E-state index in [9.17, 15) is 8.42 Å². The van der Waals surface area contributed by atoms with Gasteiger partial charge in [0.15, 0.2) is 14.9 Å². The Hall–Kier alpha value is -1.45. The third-order valence-electron chi connectivity index (χ3n) is 3.02. The van der Waals surface area contributed by atoms with Gasteiger partial charge in [-0.3, -0.25) is 0 Å². The minimum Gasteiger partial charge on any atom is -0.313 e. The summed E-state index contributed by atoms with van der Waals surface area (Å²) >= 11 is 0. The molecule has 1 aromatic heterocycles. The quantitative estimate of drug-likeness (QED) is 0.876. The summed E-state index contributed by atoms with van der Waals surface area (Å²) in [5.74, 6) is 0.0126. The molecule has 0 saturated carbocycles. The van der Waals surface area contributed by atoms with Crippen LogP contribution in [-0.4, -0.2) is 31.7 Å². The van der Waals surface area contributed by atoms with Crippen molar-refractivity contribution in [3.8, 4) is 6.07 Å². The first-order valence-corrected chi connectivity index (χ1v) is 7.60. The van der Waals surface area contributed by atoms with Crippen LogP contribution in [0.2, 0.25) is 0 Å². The summed E-state index contributed by atoms with van der Waals surface area (Å²) in [6.07, 6.45) is 4.39. The van der Waals surface area contributed by atoms with E-state index in [0.717, 1.165) is 25.8 Å². The molecular formula is C12H15N3O2S. The van der Waals surface area contributed by atoms with E-state index in [1.165, 1.54) is 12.3 Å². The van der Waals surface area contributed by atoms with Crippen LogP contribution in [0.3, 0.4) is 0 Å². The molecule has 2 rings (SSSR count). The Morgan fingerprint density at radius 1 is 1.50 bits per heavy atom. The molecule has 0 aromatic carbocycles. The number of rotatable bonds is 3. The van der Waals surface area contributed by atoms with Gasteiger partial charge in [-0.05, 0) is 31.5 Å². The van der Waals surface area contributed by atoms with E-state index in [4.69, 9.17) is 5.26 Å². The highest BCUT2D eigenvalue weighted by Gasteiger charge is 2.25. The summed E-state index contributed by atoms with van der Waals surface area (Å²) in [5.41, 5.74) is 0.119. The van der Waals surface area contributed by atoms with Gasteiger partial charge in [0.05, 0.1) is 11.3 Å². The van der Waals surface area contributed by atoms with E-state index in [1.807, 2.05) is 6.07 Å². The Morgan fingerprint density at radius 3 is 3.00 bits per heavy atom. The van der Waals surface area contributed by atoms with Crippen LogP contribution >= 0.6 is 0 Å². The van der Waals surface area contributed by atoms with Crippen LogP contribution < -0.4 is 5.32 Å². The molecule has 1 atom stereocenters. The number of hydrogen-bond acceptors (Lipinski definition) is 5. The van der Waals surface area contributed by atoms with Crippen molar-refractivity contribution in [2.45, 2.75) is 30.3 Å². The molecule has 0 amide bonds. The minimum atomic E-state index is -3.50. The lowest BCUT2D eigenvalue weighted by molar-refractivity contribution is 0.423. The second-order valence-electron chi connectivity index (χ2n) is 4.40. The lowest BCUT2D eigenvalue weighted by Crippen LogP contribution is -2.39. The second-order valence-corrected chi connectivity index (χ2v) is 6.35. The number of aromatic nitrogens is 1. The van der Waals surface area contributed by atoms with Gasteiger partial charge in [0.25, 0.3) is 0 Å². The van der Waals surface area contributed by atoms with Crippen molar-refractivity contribution in [3.05, 3.63) is 23.9 Å². The van der Waals surface area contributed by atoms with Gasteiger partial charge in [0.2, 0.25) is 0 Å². The first kappa shape index (κ1) is 13.0. The standard InChI is InChI=1S/C12H15N3O2S/c13-8-10-4-3-7-15-12(10)18(16,17)9-11-5-1-2-6-14-11/h3-4,7,11,14H,1-2,5-6,9H2. The maximum atomic E-state index is 12.2. The van der Waals surface area contributed by atoms with Crippen molar-refractivity contribution in [1.29, 1.82) is 5.26 Å². The van der Waals surface area contributed by atoms with E-state index in [0.29, 0.717) is 0 Å². The number of pyridine rings is 1. The van der Waals surface area contributed by atoms with Gasteiger partial charge in [-0.15, -0.1) is 0 Å². The van der Waals surface area contributed by atoms with Crippen molar-refractivity contribution < 1.29 is 8.42 Å². The van der Waals surface area contributed by atoms with Gasteiger partial charge in [-0.25, -0.2) is 13.4 Å². The van der Waals surface area contributed by atoms with Crippen LogP contribution in [0.15, 0.2) is 23.4 Å². The average molecular weight is 265 g/mol. The summed E-state index contributed by atoms with van der Waals surface area (Å²) < 4.78 is 24.5. The molecule has 18 heavy (non-hydrogen) atoms. The van der Waals surface area contributed by atoms with Crippen molar-refractivity contribution >= 4 is 9.84 Å². The molecule has 1 aliphatic rings. The lowest BCUT2D eigenvalue weighted by Gasteiger charge is -2.23. The van der Waals surface area contributed by atoms with Crippen LogP contribution in [0.1, 0.15) is 24.8 Å². The molecule has 1 aromatic rings. The highest BCUT2D eigenvalue weighted by molar-refractivity contribution is 7.91. The van der Waals surface area contributed by atoms with Gasteiger partial charge >= 0.3 is 0 Å². The first-order chi connectivity index (χ1) is 8.63. The van der Waals surface area contributed by atoms with Crippen LogP contribution in [-0.2, 0) is 9.84 Å². The zero-order valence-electron chi connectivity index (χ0n) is 9.96. The maximum Gasteiger partial charge on any atom is 0.198 e. The van der Waals surface area contributed by atoms with Crippen LogP contribution in [0.25, 0.3) is 0 Å². The molecule has 1 N–H and O–H groups in total. The number of nitriles is 1. The first-order valence-electron chi connectivity index (χ1n) is 5.95. The summed E-state index contributed by atoms with van der Waals surface area (Å²) in [6, 6.07) is 4.89. The molecule has 1 unspecified atom stereocenters. The third kappa shape index (κ3) is 2.86. The fourth-order valence-electron chi connectivity index (χ4n) is 2.13. The van der Waals surface area contributed by atoms with Gasteiger partial charge in [0, 0.05) is 12.2 Å². The summed E-state index contributed by atoms with van der Waals surface area (Å²) in [7, 11) is -3.50. The summed E-state index contributed by atoms with van der Waals surface area (Å²) in [6.45, 7) is 0.855. The number of sulfone groups is 1. The molecular weight excluding hydrogens is 250 g/mol. The van der Waals surface area contributed by atoms with Crippen molar-refractivity contribution in [2.75, 3.05) is 12.3 Å². The Kier molecular flexibility index (Phi) is 3.94. The molecule has 6 heteroatoms. The fourth-order valence-corrected chi connectivity index (χ4v) is 3.78. The molecule has 96 valence electrons. The summed E-state index contributed by atoms with van der Waals surface area (Å²) in [4.78, 5) is 3.85. The average Bonchev–Trinajstić information content (AvgIpc) is 2.39. The SMILES string of the molecule is N#Cc1cccnc1S(=O)(=O)CC1CCCCN1. The molecule has 0 radical (unpaired) electrons. The van der Waals surface area contributed by atoms with E-state index < -0.39 is 9.84 Å². The van der Waals surface area contributed by atoms with E-state index in [1.54, 1.807) is 6.07 Å². The smallest absolute Gasteiger partial charge is 0.198 e. The van der Waals surface area contributed by atoms with E-state index in [2.05, 4.69) is 10.3 Å². The molecule has 5 nitrogen and oxygen atoms in total. The van der Waals surface area contributed by atoms with Crippen molar-refractivity contribution in [2.24, 2.45) is 0 Å². The molecule has 1 saturated heterocycles. The highest BCUT2D eigenvalue weighted by atomic mass is 32.2. The van der Waals surface area contributed by atoms with E-state index in [-0.39, 0.29) is 22.4 Å². The molecule has 2 heterocycles. The van der Waals surface area contributed by atoms with E-state index >= 15 is 0 Å². The minimum absolute atomic E-state index is 0.0126. The molecule has 1 aliphatic heterocycles. The Morgan fingerprint density at radius 2 is 2.33 bits per heavy atom.